The number of anilines is 2. The number of nitrogens with two attached hydrogens (primary N) is 1. The van der Waals surface area contributed by atoms with E-state index in [2.05, 4.69) is 25.2 Å². The average molecular weight is 513 g/mol. The van der Waals surface area contributed by atoms with Crippen molar-refractivity contribution >= 4 is 29.6 Å². The minimum atomic E-state index is -0.276. The second kappa shape index (κ2) is 17.3. The molecule has 8 nitrogen and oxygen atoms in total. The van der Waals surface area contributed by atoms with Gasteiger partial charge in [0.2, 0.25) is 18.2 Å². The molecule has 5 N–H and O–H groups in total. The Morgan fingerprint density at radius 3 is 2.24 bits per heavy atom. The molecule has 1 aliphatic rings. The van der Waals surface area contributed by atoms with Crippen LogP contribution in [0.2, 0.25) is 0 Å². The molecule has 0 unspecified atom stereocenters. The molecule has 204 valence electrons. The molecule has 0 fully saturated rings. The number of nitrogens with zero attached hydrogens (tertiary/aromatic N) is 1. The number of benzene rings is 2. The van der Waals surface area contributed by atoms with Gasteiger partial charge in [-0.3, -0.25) is 19.6 Å². The van der Waals surface area contributed by atoms with Gasteiger partial charge in [-0.15, -0.1) is 0 Å². The molecule has 0 spiro atoms. The van der Waals surface area contributed by atoms with Gasteiger partial charge in [-0.05, 0) is 53.3 Å². The Labute approximate surface area is 221 Å². The molecule has 1 heterocycles. The van der Waals surface area contributed by atoms with E-state index in [1.165, 1.54) is 19.3 Å². The van der Waals surface area contributed by atoms with Gasteiger partial charge in [0, 0.05) is 37.3 Å². The number of carbonyl (C=O) groups excluding carboxylic acids is 3. The van der Waals surface area contributed by atoms with Crippen LogP contribution in [-0.4, -0.2) is 30.0 Å². The smallest absolute Gasteiger partial charge is 0.243 e. The summed E-state index contributed by atoms with van der Waals surface area (Å²) >= 11 is 0. The summed E-state index contributed by atoms with van der Waals surface area (Å²) in [4.78, 5) is 34.7. The Morgan fingerprint density at radius 1 is 1.05 bits per heavy atom. The highest BCUT2D eigenvalue weighted by Crippen LogP contribution is 2.38. The summed E-state index contributed by atoms with van der Waals surface area (Å²) in [6, 6.07) is 13.6. The fraction of sp³-hybridized carbons (Fsp3) is 0.483. The minimum absolute atomic E-state index is 0.0343. The van der Waals surface area contributed by atoms with Crippen LogP contribution in [0.25, 0.3) is 11.1 Å². The van der Waals surface area contributed by atoms with Crippen LogP contribution in [0.4, 0.5) is 11.4 Å². The lowest BCUT2D eigenvalue weighted by atomic mass is 9.87. The lowest BCUT2D eigenvalue weighted by Crippen LogP contribution is -2.42. The Morgan fingerprint density at radius 2 is 1.68 bits per heavy atom. The summed E-state index contributed by atoms with van der Waals surface area (Å²) in [6.07, 6.45) is 6.71. The maximum Gasteiger partial charge on any atom is 0.243 e. The van der Waals surface area contributed by atoms with Crippen LogP contribution < -0.4 is 21.4 Å². The first-order chi connectivity index (χ1) is 17.8. The highest BCUT2D eigenvalue weighted by molar-refractivity contribution is 5.93. The first-order valence-electron chi connectivity index (χ1n) is 13.2. The van der Waals surface area contributed by atoms with Crippen molar-refractivity contribution in [2.45, 2.75) is 79.2 Å². The van der Waals surface area contributed by atoms with Gasteiger partial charge in [0.15, 0.2) is 0 Å². The number of unbranched alkanes of at least 4 members (excludes halogenated alkanes) is 4. The zero-order chi connectivity index (χ0) is 27.8. The quantitative estimate of drug-likeness (QED) is 0.146. The Balaban J connectivity index is 0.000000446. The standard InChI is InChI=1S/C19H21N3O2.C8H17NO2.C2H6/c1-12-10-22(13(2)24)18-8-5-15(9-17(18)19(12)20)14-3-6-16(7-4-14)21-11-23;1-2-3-4-5-6-7-8(10)9-11;1-2/h3-9,11-12,19H,10,20H2,1-2H3,(H,21,23);11H,2-7H2,1H3,(H,9,10);1-2H3/t12-,19+;;/m1../s1. The number of carbonyl (C=O) groups is 3. The third kappa shape index (κ3) is 9.98. The van der Waals surface area contributed by atoms with Crippen molar-refractivity contribution < 1.29 is 19.6 Å². The molecule has 37 heavy (non-hydrogen) atoms. The van der Waals surface area contributed by atoms with Crippen LogP contribution in [0.15, 0.2) is 42.5 Å². The van der Waals surface area contributed by atoms with E-state index >= 15 is 0 Å². The average Bonchev–Trinajstić information content (AvgIpc) is 2.92. The van der Waals surface area contributed by atoms with Crippen molar-refractivity contribution in [3.63, 3.8) is 0 Å². The van der Waals surface area contributed by atoms with Crippen LogP contribution in [0.3, 0.4) is 0 Å². The largest absolute Gasteiger partial charge is 0.329 e. The van der Waals surface area contributed by atoms with E-state index in [9.17, 15) is 14.4 Å². The monoisotopic (exact) mass is 512 g/mol. The Hall–Kier alpha value is -3.23. The van der Waals surface area contributed by atoms with Crippen molar-refractivity contribution in [1.29, 1.82) is 0 Å². The molecule has 0 aromatic heterocycles. The number of hydrogen-bond donors (Lipinski definition) is 4. The van der Waals surface area contributed by atoms with Gasteiger partial charge < -0.3 is 16.0 Å². The molecule has 0 aliphatic carbocycles. The molecular formula is C29H44N4O4. The fourth-order valence-corrected chi connectivity index (χ4v) is 4.12. The predicted octanol–water partition coefficient (Wildman–Crippen LogP) is 5.80. The van der Waals surface area contributed by atoms with Crippen LogP contribution >= 0.6 is 0 Å². The van der Waals surface area contributed by atoms with Gasteiger partial charge >= 0.3 is 0 Å². The van der Waals surface area contributed by atoms with Crippen molar-refractivity contribution in [2.75, 3.05) is 16.8 Å². The lowest BCUT2D eigenvalue weighted by molar-refractivity contribution is -0.129. The number of amides is 3. The second-order valence-corrected chi connectivity index (χ2v) is 8.95. The molecule has 0 saturated heterocycles. The molecule has 2 aromatic carbocycles. The molecule has 0 saturated carbocycles. The normalized spacial score (nSPS) is 15.7. The molecule has 3 amide bonds. The molecule has 2 atom stereocenters. The van der Waals surface area contributed by atoms with Crippen LogP contribution in [0.1, 0.15) is 84.7 Å². The summed E-state index contributed by atoms with van der Waals surface area (Å²) in [5.74, 6) is -0.0376. The first kappa shape index (κ1) is 31.8. The number of rotatable bonds is 9. The lowest BCUT2D eigenvalue weighted by Gasteiger charge is -2.37. The summed E-state index contributed by atoms with van der Waals surface area (Å²) in [6.45, 7) is 10.4. The Kier molecular flexibility index (Phi) is 14.8. The van der Waals surface area contributed by atoms with Gasteiger partial charge in [0.1, 0.15) is 0 Å². The molecule has 8 heteroatoms. The van der Waals surface area contributed by atoms with E-state index in [-0.39, 0.29) is 23.8 Å². The van der Waals surface area contributed by atoms with E-state index < -0.39 is 0 Å². The van der Waals surface area contributed by atoms with E-state index in [1.807, 2.05) is 50.2 Å². The summed E-state index contributed by atoms with van der Waals surface area (Å²) in [7, 11) is 0. The van der Waals surface area contributed by atoms with Gasteiger partial charge in [0.05, 0.1) is 0 Å². The highest BCUT2D eigenvalue weighted by Gasteiger charge is 2.30. The highest BCUT2D eigenvalue weighted by atomic mass is 16.5. The van der Waals surface area contributed by atoms with E-state index in [4.69, 9.17) is 10.9 Å². The maximum absolute atomic E-state index is 11.9. The van der Waals surface area contributed by atoms with Gasteiger partial charge in [-0.25, -0.2) is 5.48 Å². The number of hydrogen-bond acceptors (Lipinski definition) is 5. The van der Waals surface area contributed by atoms with Crippen LogP contribution in [0, 0.1) is 5.92 Å². The number of nitrogens with one attached hydrogen (secondary N) is 2. The van der Waals surface area contributed by atoms with Crippen molar-refractivity contribution in [2.24, 2.45) is 11.7 Å². The van der Waals surface area contributed by atoms with Gasteiger partial charge in [-0.2, -0.15) is 0 Å². The molecule has 0 radical (unpaired) electrons. The van der Waals surface area contributed by atoms with Gasteiger partial charge in [-0.1, -0.05) is 71.6 Å². The third-order valence-electron chi connectivity index (χ3n) is 6.22. The van der Waals surface area contributed by atoms with E-state index in [1.54, 1.807) is 17.3 Å². The maximum atomic E-state index is 11.9. The van der Waals surface area contributed by atoms with Crippen LogP contribution in [-0.2, 0) is 14.4 Å². The van der Waals surface area contributed by atoms with Crippen molar-refractivity contribution in [1.82, 2.24) is 5.48 Å². The SMILES string of the molecule is CC.CC(=O)N1C[C@@H](C)[C@H](N)c2cc(-c3ccc(NC=O)cc3)ccc21.CCCCCCCC(=O)NO. The first-order valence-corrected chi connectivity index (χ1v) is 13.2. The van der Waals surface area contributed by atoms with E-state index in [0.29, 0.717) is 19.4 Å². The summed E-state index contributed by atoms with van der Waals surface area (Å²) in [5.41, 5.74) is 12.7. The molecule has 2 aromatic rings. The minimum Gasteiger partial charge on any atom is -0.329 e. The Bertz CT molecular complexity index is 978. The molecular weight excluding hydrogens is 468 g/mol. The zero-order valence-corrected chi connectivity index (χ0v) is 22.9. The number of hydroxylamine groups is 1. The topological polar surface area (TPSA) is 125 Å². The molecule has 0 bridgehead atoms. The molecule has 1 aliphatic heterocycles. The predicted molar refractivity (Wildman–Crippen MR) is 150 cm³/mol. The zero-order valence-electron chi connectivity index (χ0n) is 22.9. The van der Waals surface area contributed by atoms with Crippen molar-refractivity contribution in [3.05, 3.63) is 48.0 Å². The van der Waals surface area contributed by atoms with E-state index in [0.717, 1.165) is 40.9 Å². The summed E-state index contributed by atoms with van der Waals surface area (Å²) in [5, 5.41) is 10.8. The molecule has 3 rings (SSSR count). The fourth-order valence-electron chi connectivity index (χ4n) is 4.12. The second-order valence-electron chi connectivity index (χ2n) is 8.95. The summed E-state index contributed by atoms with van der Waals surface area (Å²) < 4.78 is 0. The van der Waals surface area contributed by atoms with Crippen LogP contribution in [0.5, 0.6) is 0 Å². The van der Waals surface area contributed by atoms with Gasteiger partial charge in [0.25, 0.3) is 0 Å². The third-order valence-corrected chi connectivity index (χ3v) is 6.22. The number of fused-ring (bicyclic) bond motifs is 1. The van der Waals surface area contributed by atoms with Crippen molar-refractivity contribution in [3.8, 4) is 11.1 Å².